The number of carboxylic acid groups (broad SMARTS) is 1. The molecule has 0 bridgehead atoms. The van der Waals surface area contributed by atoms with Crippen LogP contribution in [0.25, 0.3) is 57.9 Å². The van der Waals surface area contributed by atoms with Gasteiger partial charge in [-0.05, 0) is 92.5 Å². The Labute approximate surface area is 387 Å². The van der Waals surface area contributed by atoms with Gasteiger partial charge in [-0.2, -0.15) is 5.26 Å². The molecule has 1 N–H and O–H groups in total. The number of hydrogen-bond acceptors (Lipinski definition) is 10. The van der Waals surface area contributed by atoms with Crippen molar-refractivity contribution in [3.63, 3.8) is 0 Å². The van der Waals surface area contributed by atoms with E-state index in [1.54, 1.807) is 28.7 Å². The summed E-state index contributed by atoms with van der Waals surface area (Å²) in [6.45, 7) is 10.8. The van der Waals surface area contributed by atoms with Gasteiger partial charge in [0.1, 0.15) is 43.8 Å². The molecule has 0 saturated carbocycles. The van der Waals surface area contributed by atoms with Crippen molar-refractivity contribution in [3.8, 4) is 71.5 Å². The smallest absolute Gasteiger partial charge is 0.346 e. The summed E-state index contributed by atoms with van der Waals surface area (Å²) in [5.41, 5.74) is 14.0. The van der Waals surface area contributed by atoms with Gasteiger partial charge in [-0.15, -0.1) is 34.0 Å². The van der Waals surface area contributed by atoms with Crippen LogP contribution in [0.15, 0.2) is 115 Å². The zero-order valence-electron chi connectivity index (χ0n) is 35.9. The van der Waals surface area contributed by atoms with Crippen molar-refractivity contribution in [2.45, 2.75) is 38.5 Å². The number of fused-ring (bicyclic) bond motifs is 7. The molecular weight excluding hydrogens is 869 g/mol. The summed E-state index contributed by atoms with van der Waals surface area (Å²) in [7, 11) is 0. The van der Waals surface area contributed by atoms with Gasteiger partial charge >= 0.3 is 5.97 Å². The minimum atomic E-state index is -1.28. The summed E-state index contributed by atoms with van der Waals surface area (Å²) in [5.74, 6) is 1.31. The van der Waals surface area contributed by atoms with Crippen molar-refractivity contribution in [2.75, 3.05) is 31.3 Å². The minimum Gasteiger partial charge on any atom is -0.488 e. The predicted molar refractivity (Wildman–Crippen MR) is 261 cm³/mol. The highest BCUT2D eigenvalue weighted by Crippen LogP contribution is 2.62. The van der Waals surface area contributed by atoms with Gasteiger partial charge in [0.05, 0.1) is 28.9 Å². The number of benzene rings is 5. The number of hydrogen-bond donors (Lipinski definition) is 1. The second kappa shape index (κ2) is 14.6. The second-order valence-corrected chi connectivity index (χ2v) is 21.0. The topological polar surface area (TPSA) is 101 Å². The van der Waals surface area contributed by atoms with E-state index in [0.29, 0.717) is 47.7 Å². The third-order valence-electron chi connectivity index (χ3n) is 13.3. The SMILES string of the molecule is CC1(C)c2ccccc2-c2ccc(N(c3ccc(-c4sc(-c5sc6sc(/C=C(/C#N)C(=O)O)c7c6c5OCCO7)c5c4OCCO5)cc3)c3ccc4c(c3)C(C)(C)c3ccccc3-4)cc21. The molecule has 5 heterocycles. The molecule has 2 aliphatic carbocycles. The molecule has 4 aliphatic rings. The van der Waals surface area contributed by atoms with E-state index in [9.17, 15) is 15.2 Å². The summed E-state index contributed by atoms with van der Waals surface area (Å²) in [6.07, 6.45) is 1.38. The number of carboxylic acids is 1. The zero-order chi connectivity index (χ0) is 44.4. The first-order valence-electron chi connectivity index (χ1n) is 21.5. The minimum absolute atomic E-state index is 0.160. The van der Waals surface area contributed by atoms with Gasteiger partial charge in [0, 0.05) is 27.9 Å². The summed E-state index contributed by atoms with van der Waals surface area (Å²) in [5, 5.41) is 19.8. The second-order valence-electron chi connectivity index (χ2n) is 17.7. The third kappa shape index (κ3) is 5.94. The molecule has 2 aliphatic heterocycles. The van der Waals surface area contributed by atoms with Crippen LogP contribution < -0.4 is 23.8 Å². The van der Waals surface area contributed by atoms with Crippen LogP contribution in [0, 0.1) is 11.3 Å². The largest absolute Gasteiger partial charge is 0.488 e. The molecule has 0 unspecified atom stereocenters. The molecule has 8 nitrogen and oxygen atoms in total. The highest BCUT2D eigenvalue weighted by atomic mass is 32.2. The fourth-order valence-electron chi connectivity index (χ4n) is 10.2. The zero-order valence-corrected chi connectivity index (χ0v) is 38.4. The molecule has 0 saturated heterocycles. The van der Waals surface area contributed by atoms with Crippen LogP contribution in [0.2, 0.25) is 0 Å². The molecule has 3 aromatic heterocycles. The predicted octanol–water partition coefficient (Wildman–Crippen LogP) is 14.0. The average molecular weight is 909 g/mol. The number of aliphatic carboxylic acids is 1. The van der Waals surface area contributed by atoms with Gasteiger partial charge in [0.2, 0.25) is 0 Å². The Balaban J connectivity index is 0.970. The van der Waals surface area contributed by atoms with E-state index in [-0.39, 0.29) is 23.0 Å². The number of nitrogens with zero attached hydrogens (tertiary/aromatic N) is 2. The normalized spacial score (nSPS) is 15.8. The van der Waals surface area contributed by atoms with Crippen molar-refractivity contribution < 1.29 is 28.8 Å². The quantitative estimate of drug-likeness (QED) is 0.125. The number of carbonyl (C=O) groups is 1. The number of rotatable bonds is 7. The Kier molecular flexibility index (Phi) is 8.92. The van der Waals surface area contributed by atoms with Crippen molar-refractivity contribution in [1.29, 1.82) is 5.26 Å². The van der Waals surface area contributed by atoms with Gasteiger partial charge in [0.15, 0.2) is 17.2 Å². The van der Waals surface area contributed by atoms with E-state index in [0.717, 1.165) is 46.7 Å². The molecule has 8 aromatic rings. The first-order chi connectivity index (χ1) is 31.5. The van der Waals surface area contributed by atoms with Crippen LogP contribution in [0.5, 0.6) is 23.0 Å². The molecule has 0 fully saturated rings. The summed E-state index contributed by atoms with van der Waals surface area (Å²) >= 11 is 4.54. The number of nitriles is 1. The molecular formula is C54H40N2O6S3. The Morgan fingerprint density at radius 3 is 1.66 bits per heavy atom. The maximum absolute atomic E-state index is 11.7. The Bertz CT molecular complexity index is 3290. The summed E-state index contributed by atoms with van der Waals surface area (Å²) in [6, 6.07) is 42.0. The Hall–Kier alpha value is -6.84. The third-order valence-corrected chi connectivity index (χ3v) is 17.1. The van der Waals surface area contributed by atoms with E-state index in [2.05, 4.69) is 142 Å². The van der Waals surface area contributed by atoms with Crippen molar-refractivity contribution in [1.82, 2.24) is 0 Å². The van der Waals surface area contributed by atoms with E-state index >= 15 is 0 Å². The lowest BCUT2D eigenvalue weighted by Gasteiger charge is -2.30. The van der Waals surface area contributed by atoms with E-state index in [1.165, 1.54) is 61.9 Å². The van der Waals surface area contributed by atoms with Crippen LogP contribution in [0.1, 0.15) is 54.8 Å². The first-order valence-corrected chi connectivity index (χ1v) is 24.0. The number of anilines is 3. The van der Waals surface area contributed by atoms with E-state index in [1.807, 2.05) is 0 Å². The average Bonchev–Trinajstić information content (AvgIpc) is 4.03. The van der Waals surface area contributed by atoms with Crippen LogP contribution in [-0.2, 0) is 15.6 Å². The standard InChI is InChI=1S/C54H40N2O6S3/c1-53(2)38-11-7-5-9-34(38)36-19-17-32(26-40(36)53)56(33-18-20-37-35-10-6-8-12-39(35)54(3,4)41(37)27-33)31-15-13-29(14-16-31)48-46-47(62-24-23-61-46)50(64-48)49-45-43-44(59-21-22-60-45)42(63-52(43)65-49)25-30(28-55)51(57)58/h5-20,25-27H,21-24H2,1-4H3,(H,57,58)/b30-25-. The highest BCUT2D eigenvalue weighted by Gasteiger charge is 2.38. The Morgan fingerprint density at radius 1 is 0.600 bits per heavy atom. The van der Waals surface area contributed by atoms with Crippen LogP contribution in [-0.4, -0.2) is 37.5 Å². The molecule has 65 heavy (non-hydrogen) atoms. The molecule has 12 rings (SSSR count). The van der Waals surface area contributed by atoms with Gasteiger partial charge in [-0.25, -0.2) is 4.79 Å². The van der Waals surface area contributed by atoms with Gasteiger partial charge in [-0.1, -0.05) is 100 Å². The molecule has 0 radical (unpaired) electrons. The lowest BCUT2D eigenvalue weighted by molar-refractivity contribution is -0.132. The van der Waals surface area contributed by atoms with Crippen molar-refractivity contribution in [2.24, 2.45) is 0 Å². The maximum Gasteiger partial charge on any atom is 0.346 e. The number of thiophene rings is 3. The number of ether oxygens (including phenoxy) is 4. The van der Waals surface area contributed by atoms with Crippen molar-refractivity contribution in [3.05, 3.63) is 142 Å². The van der Waals surface area contributed by atoms with Gasteiger partial charge < -0.3 is 29.0 Å². The molecule has 0 amide bonds. The van der Waals surface area contributed by atoms with Gasteiger partial charge in [0.25, 0.3) is 0 Å². The molecule has 5 aromatic carbocycles. The molecule has 0 spiro atoms. The Morgan fingerprint density at radius 2 is 1.09 bits per heavy atom. The molecule has 0 atom stereocenters. The van der Waals surface area contributed by atoms with Crippen LogP contribution in [0.4, 0.5) is 17.1 Å². The monoisotopic (exact) mass is 908 g/mol. The van der Waals surface area contributed by atoms with Crippen LogP contribution in [0.3, 0.4) is 0 Å². The fourth-order valence-corrected chi connectivity index (χ4v) is 14.1. The van der Waals surface area contributed by atoms with E-state index in [4.69, 9.17) is 18.9 Å². The molecule has 320 valence electrons. The summed E-state index contributed by atoms with van der Waals surface area (Å²) in [4.78, 5) is 17.5. The lowest BCUT2D eigenvalue weighted by Crippen LogP contribution is -2.18. The van der Waals surface area contributed by atoms with Crippen molar-refractivity contribution >= 4 is 72.5 Å². The lowest BCUT2D eigenvalue weighted by atomic mass is 9.82. The van der Waals surface area contributed by atoms with Crippen LogP contribution >= 0.6 is 34.0 Å². The first kappa shape index (κ1) is 39.7. The van der Waals surface area contributed by atoms with E-state index < -0.39 is 5.97 Å². The molecule has 11 heteroatoms. The fraction of sp³-hybridized carbons (Fsp3) is 0.185. The van der Waals surface area contributed by atoms with Gasteiger partial charge in [-0.3, -0.25) is 0 Å². The highest BCUT2D eigenvalue weighted by molar-refractivity contribution is 7.41. The summed E-state index contributed by atoms with van der Waals surface area (Å²) < 4.78 is 26.2. The maximum atomic E-state index is 11.7.